The fraction of sp³-hybridized carbons (Fsp3) is 0.100. The molecule has 6 nitrogen and oxygen atoms in total. The van der Waals surface area contributed by atoms with Gasteiger partial charge in [-0.1, -0.05) is 64.1 Å². The third-order valence-corrected chi connectivity index (χ3v) is 6.48. The minimum Gasteiger partial charge on any atom is -0.267 e. The van der Waals surface area contributed by atoms with Crippen molar-refractivity contribution in [3.8, 4) is 0 Å². The number of para-hydroxylation sites is 1. The molecular formula is C20H14BrN5OS. The maximum atomic E-state index is 13.3. The molecule has 0 radical (unpaired) electrons. The zero-order valence-electron chi connectivity index (χ0n) is 14.5. The molecule has 0 N–H and O–H groups in total. The lowest BCUT2D eigenvalue weighted by Crippen LogP contribution is -2.37. The van der Waals surface area contributed by atoms with Gasteiger partial charge in [-0.05, 0) is 29.3 Å². The second-order valence-electron chi connectivity index (χ2n) is 6.41. The maximum absolute atomic E-state index is 13.3. The summed E-state index contributed by atoms with van der Waals surface area (Å²) in [5.41, 5.74) is 3.10. The molecule has 0 aliphatic carbocycles. The smallest absolute Gasteiger partial charge is 0.267 e. The van der Waals surface area contributed by atoms with Gasteiger partial charge in [0.25, 0.3) is 5.91 Å². The van der Waals surface area contributed by atoms with E-state index >= 15 is 0 Å². The highest BCUT2D eigenvalue weighted by Gasteiger charge is 2.39. The molecule has 28 heavy (non-hydrogen) atoms. The number of hydrogen-bond acceptors (Lipinski definition) is 5. The van der Waals surface area contributed by atoms with Gasteiger partial charge in [0, 0.05) is 16.6 Å². The first-order chi connectivity index (χ1) is 13.7. The summed E-state index contributed by atoms with van der Waals surface area (Å²) in [6.45, 7) is 0. The predicted molar refractivity (Wildman–Crippen MR) is 113 cm³/mol. The summed E-state index contributed by atoms with van der Waals surface area (Å²) >= 11 is 5.00. The number of fused-ring (bicyclic) bond motifs is 1. The van der Waals surface area contributed by atoms with Gasteiger partial charge in [0.15, 0.2) is 0 Å². The molecule has 3 heterocycles. The molecule has 2 atom stereocenters. The van der Waals surface area contributed by atoms with Crippen LogP contribution < -0.4 is 5.01 Å². The fourth-order valence-electron chi connectivity index (χ4n) is 3.34. The van der Waals surface area contributed by atoms with Gasteiger partial charge in [0.05, 0.1) is 10.6 Å². The van der Waals surface area contributed by atoms with Crippen molar-refractivity contribution in [2.45, 2.75) is 11.3 Å². The quantitative estimate of drug-likeness (QED) is 0.555. The molecule has 0 spiro atoms. The van der Waals surface area contributed by atoms with Crippen LogP contribution in [0.15, 0.2) is 81.6 Å². The van der Waals surface area contributed by atoms with E-state index in [2.05, 4.69) is 37.2 Å². The number of hydrogen-bond donors (Lipinski definition) is 0. The Kier molecular flexibility index (Phi) is 4.37. The van der Waals surface area contributed by atoms with E-state index in [1.807, 2.05) is 54.8 Å². The summed E-state index contributed by atoms with van der Waals surface area (Å²) in [4.78, 5) is 18.4. The third kappa shape index (κ3) is 2.98. The zero-order chi connectivity index (χ0) is 19.1. The van der Waals surface area contributed by atoms with Gasteiger partial charge >= 0.3 is 0 Å². The van der Waals surface area contributed by atoms with Crippen LogP contribution in [-0.2, 0) is 4.79 Å². The summed E-state index contributed by atoms with van der Waals surface area (Å²) in [5.74, 6) is -0.0791. The highest BCUT2D eigenvalue weighted by molar-refractivity contribution is 9.10. The number of amides is 1. The van der Waals surface area contributed by atoms with E-state index in [-0.39, 0.29) is 17.2 Å². The Morgan fingerprint density at radius 3 is 2.57 bits per heavy atom. The molecule has 2 unspecified atom stereocenters. The molecule has 2 aromatic carbocycles. The maximum Gasteiger partial charge on any atom is 0.280 e. The molecule has 0 bridgehead atoms. The minimum absolute atomic E-state index is 0.00548. The normalized spacial score (nSPS) is 22.2. The average molecular weight is 452 g/mol. The Labute approximate surface area is 174 Å². The van der Waals surface area contributed by atoms with Crippen LogP contribution in [0.25, 0.3) is 0 Å². The van der Waals surface area contributed by atoms with E-state index in [0.29, 0.717) is 4.91 Å². The highest BCUT2D eigenvalue weighted by atomic mass is 79.9. The van der Waals surface area contributed by atoms with Crippen LogP contribution in [0.2, 0.25) is 0 Å². The minimum atomic E-state index is -0.198. The Morgan fingerprint density at radius 1 is 1.04 bits per heavy atom. The Balaban J connectivity index is 1.53. The van der Waals surface area contributed by atoms with E-state index in [0.717, 1.165) is 21.3 Å². The summed E-state index contributed by atoms with van der Waals surface area (Å²) in [6.07, 6.45) is 6.97. The van der Waals surface area contributed by atoms with Crippen LogP contribution in [0.3, 0.4) is 0 Å². The Hall–Kier alpha value is -2.71. The SMILES string of the molecule is O=C1/C(=C/C2C=Nc3ccccc32)SC(c2ccc(Br)cc2)N1n1cnnc1. The first-order valence-electron chi connectivity index (χ1n) is 8.66. The highest BCUT2D eigenvalue weighted by Crippen LogP contribution is 2.46. The average Bonchev–Trinajstić information content (AvgIpc) is 3.43. The van der Waals surface area contributed by atoms with Crippen LogP contribution in [-0.4, -0.2) is 27.0 Å². The molecule has 1 amide bonds. The third-order valence-electron chi connectivity index (χ3n) is 4.69. The van der Waals surface area contributed by atoms with Crippen molar-refractivity contribution in [3.05, 3.63) is 87.8 Å². The number of carbonyl (C=O) groups excluding carboxylic acids is 1. The molecule has 0 saturated carbocycles. The van der Waals surface area contributed by atoms with Gasteiger partial charge in [-0.15, -0.1) is 10.2 Å². The number of nitrogens with zero attached hydrogens (tertiary/aromatic N) is 5. The molecule has 1 aromatic heterocycles. The molecule has 1 fully saturated rings. The number of aromatic nitrogens is 3. The molecule has 2 aliphatic heterocycles. The number of carbonyl (C=O) groups is 1. The van der Waals surface area contributed by atoms with Crippen molar-refractivity contribution >= 4 is 45.5 Å². The molecule has 5 rings (SSSR count). The van der Waals surface area contributed by atoms with Gasteiger partial charge in [-0.3, -0.25) is 9.79 Å². The lowest BCUT2D eigenvalue weighted by Gasteiger charge is -2.23. The number of thioether (sulfide) groups is 1. The standard InChI is InChI=1S/C20H14BrN5OS/c21-15-7-5-13(6-8-15)20-26(25-11-23-24-12-25)19(27)18(28-20)9-14-10-22-17-4-2-1-3-16(14)17/h1-12,14,20H/b18-9-. The van der Waals surface area contributed by atoms with Gasteiger partial charge in [-0.2, -0.15) is 0 Å². The van der Waals surface area contributed by atoms with Crippen molar-refractivity contribution in [2.24, 2.45) is 4.99 Å². The van der Waals surface area contributed by atoms with Gasteiger partial charge in [0.2, 0.25) is 0 Å². The summed E-state index contributed by atoms with van der Waals surface area (Å²) in [5, 5.41) is 9.21. The van der Waals surface area contributed by atoms with Crippen LogP contribution in [0.1, 0.15) is 22.4 Å². The second-order valence-corrected chi connectivity index (χ2v) is 8.44. The van der Waals surface area contributed by atoms with Crippen LogP contribution in [0.5, 0.6) is 0 Å². The largest absolute Gasteiger partial charge is 0.280 e. The summed E-state index contributed by atoms with van der Waals surface area (Å²) < 4.78 is 2.63. The molecule has 8 heteroatoms. The molecular weight excluding hydrogens is 438 g/mol. The van der Waals surface area contributed by atoms with Crippen LogP contribution in [0, 0.1) is 0 Å². The van der Waals surface area contributed by atoms with Gasteiger partial charge < -0.3 is 0 Å². The monoisotopic (exact) mass is 451 g/mol. The molecule has 1 saturated heterocycles. The van der Waals surface area contributed by atoms with E-state index < -0.39 is 0 Å². The topological polar surface area (TPSA) is 63.4 Å². The van der Waals surface area contributed by atoms with Crippen molar-refractivity contribution in [2.75, 3.05) is 5.01 Å². The summed E-state index contributed by atoms with van der Waals surface area (Å²) in [7, 11) is 0. The predicted octanol–water partition coefficient (Wildman–Crippen LogP) is 4.33. The fourth-order valence-corrected chi connectivity index (χ4v) is 4.87. The number of allylic oxidation sites excluding steroid dienone is 1. The Bertz CT molecular complexity index is 1090. The van der Waals surface area contributed by atoms with E-state index in [9.17, 15) is 4.79 Å². The van der Waals surface area contributed by atoms with E-state index in [1.54, 1.807) is 22.3 Å². The molecule has 3 aromatic rings. The van der Waals surface area contributed by atoms with Crippen molar-refractivity contribution in [1.29, 1.82) is 0 Å². The van der Waals surface area contributed by atoms with Gasteiger partial charge in [0.1, 0.15) is 18.0 Å². The van der Waals surface area contributed by atoms with Crippen LogP contribution >= 0.6 is 27.7 Å². The number of halogens is 1. The lowest BCUT2D eigenvalue weighted by molar-refractivity contribution is -0.115. The van der Waals surface area contributed by atoms with E-state index in [1.165, 1.54) is 11.8 Å². The second kappa shape index (κ2) is 7.03. The van der Waals surface area contributed by atoms with Crippen molar-refractivity contribution in [1.82, 2.24) is 14.9 Å². The first-order valence-corrected chi connectivity index (χ1v) is 10.3. The van der Waals surface area contributed by atoms with E-state index in [4.69, 9.17) is 0 Å². The van der Waals surface area contributed by atoms with Crippen molar-refractivity contribution < 1.29 is 4.79 Å². The zero-order valence-corrected chi connectivity index (χ0v) is 16.9. The van der Waals surface area contributed by atoms with Crippen LogP contribution in [0.4, 0.5) is 5.69 Å². The Morgan fingerprint density at radius 2 is 1.79 bits per heavy atom. The first kappa shape index (κ1) is 17.4. The number of aliphatic imine (C=N–C) groups is 1. The lowest BCUT2D eigenvalue weighted by atomic mass is 10.0. The number of benzene rings is 2. The molecule has 2 aliphatic rings. The summed E-state index contributed by atoms with van der Waals surface area (Å²) in [6, 6.07) is 16.0. The van der Waals surface area contributed by atoms with Crippen molar-refractivity contribution in [3.63, 3.8) is 0 Å². The van der Waals surface area contributed by atoms with Gasteiger partial charge in [-0.25, -0.2) is 9.69 Å². The number of rotatable bonds is 3. The molecule has 138 valence electrons.